The Labute approximate surface area is 212 Å². The van der Waals surface area contributed by atoms with Gasteiger partial charge in [-0.15, -0.1) is 0 Å². The third-order valence-electron chi connectivity index (χ3n) is 4.70. The molecule has 1 aliphatic heterocycles. The smallest absolute Gasteiger partial charge is 0.264 e. The van der Waals surface area contributed by atoms with Crippen molar-refractivity contribution in [3.8, 4) is 11.5 Å². The molecule has 0 atom stereocenters. The number of aliphatic imine (C=N–C) groups is 1. The Kier molecular flexibility index (Phi) is 8.07. The van der Waals surface area contributed by atoms with Gasteiger partial charge in [0.2, 0.25) is 0 Å². The number of nitrogens with one attached hydrogen (secondary N) is 2. The highest BCUT2D eigenvalue weighted by Crippen LogP contribution is 2.31. The van der Waals surface area contributed by atoms with Crippen molar-refractivity contribution in [2.45, 2.75) is 6.92 Å². The molecule has 1 saturated heterocycles. The zero-order valence-corrected chi connectivity index (χ0v) is 20.4. The standard InChI is InChI=1S/C26H22ClN3O4S/c1-2-33-20-11-9-19(10-12-20)29-26-30-25(32)23(35-26)15-17-8-13-22(21(27)14-17)34-16-24(31)28-18-6-4-3-5-7-18/h3-15H,2,16H2,1H3,(H,28,31)(H,29,30,32)/b23-15+. The molecule has 2 N–H and O–H groups in total. The predicted octanol–water partition coefficient (Wildman–Crippen LogP) is 5.65. The number of carbonyl (C=O) groups is 2. The topological polar surface area (TPSA) is 89.0 Å². The maximum atomic E-state index is 12.4. The van der Waals surface area contributed by atoms with Gasteiger partial charge in [-0.1, -0.05) is 35.9 Å². The van der Waals surface area contributed by atoms with Crippen molar-refractivity contribution in [1.29, 1.82) is 0 Å². The molecule has 3 aromatic rings. The number of amides is 2. The molecule has 0 spiro atoms. The minimum absolute atomic E-state index is 0.182. The fourth-order valence-corrected chi connectivity index (χ4v) is 4.20. The summed E-state index contributed by atoms with van der Waals surface area (Å²) in [7, 11) is 0. The van der Waals surface area contributed by atoms with E-state index in [2.05, 4.69) is 15.6 Å². The number of carbonyl (C=O) groups excluding carboxylic acids is 2. The van der Waals surface area contributed by atoms with Crippen molar-refractivity contribution in [1.82, 2.24) is 5.32 Å². The molecule has 0 aromatic heterocycles. The second-order valence-electron chi connectivity index (χ2n) is 7.30. The summed E-state index contributed by atoms with van der Waals surface area (Å²) in [6.07, 6.45) is 1.72. The molecule has 178 valence electrons. The Morgan fingerprint density at radius 1 is 1.09 bits per heavy atom. The summed E-state index contributed by atoms with van der Waals surface area (Å²) in [5.74, 6) is 0.602. The Morgan fingerprint density at radius 2 is 1.86 bits per heavy atom. The summed E-state index contributed by atoms with van der Waals surface area (Å²) in [4.78, 5) is 29.4. The van der Waals surface area contributed by atoms with E-state index in [1.165, 1.54) is 11.8 Å². The zero-order chi connectivity index (χ0) is 24.6. The number of hydrogen-bond acceptors (Lipinski definition) is 6. The summed E-state index contributed by atoms with van der Waals surface area (Å²) in [6, 6.07) is 21.5. The summed E-state index contributed by atoms with van der Waals surface area (Å²) >= 11 is 7.58. The number of benzene rings is 3. The first kappa shape index (κ1) is 24.4. The number of anilines is 1. The summed E-state index contributed by atoms with van der Waals surface area (Å²) in [5, 5.41) is 6.33. The molecule has 1 aliphatic rings. The van der Waals surface area contributed by atoms with Crippen LogP contribution in [0.3, 0.4) is 0 Å². The van der Waals surface area contributed by atoms with E-state index < -0.39 is 0 Å². The van der Waals surface area contributed by atoms with E-state index in [-0.39, 0.29) is 18.4 Å². The van der Waals surface area contributed by atoms with Crippen molar-refractivity contribution >= 4 is 57.8 Å². The van der Waals surface area contributed by atoms with E-state index >= 15 is 0 Å². The average molecular weight is 508 g/mol. The van der Waals surface area contributed by atoms with Crippen LogP contribution in [-0.2, 0) is 9.59 Å². The maximum absolute atomic E-state index is 12.4. The molecule has 1 heterocycles. The largest absolute Gasteiger partial charge is 0.494 e. The molecule has 9 heteroatoms. The number of hydrogen-bond donors (Lipinski definition) is 2. The Hall–Kier alpha value is -3.75. The molecule has 7 nitrogen and oxygen atoms in total. The van der Waals surface area contributed by atoms with Gasteiger partial charge in [-0.05, 0) is 78.9 Å². The van der Waals surface area contributed by atoms with Gasteiger partial charge in [-0.3, -0.25) is 9.59 Å². The van der Waals surface area contributed by atoms with Crippen LogP contribution in [0.15, 0.2) is 82.7 Å². The van der Waals surface area contributed by atoms with Gasteiger partial charge >= 0.3 is 0 Å². The molecule has 0 bridgehead atoms. The van der Waals surface area contributed by atoms with Crippen LogP contribution >= 0.6 is 23.4 Å². The molecule has 4 rings (SSSR count). The molecule has 3 aromatic carbocycles. The van der Waals surface area contributed by atoms with Crippen LogP contribution in [0.4, 0.5) is 11.4 Å². The van der Waals surface area contributed by atoms with E-state index in [4.69, 9.17) is 21.1 Å². The van der Waals surface area contributed by atoms with Gasteiger partial charge in [0.05, 0.1) is 22.2 Å². The average Bonchev–Trinajstić information content (AvgIpc) is 3.19. The van der Waals surface area contributed by atoms with E-state index in [1.54, 1.807) is 36.4 Å². The summed E-state index contributed by atoms with van der Waals surface area (Å²) in [6.45, 7) is 2.33. The molecule has 0 saturated carbocycles. The van der Waals surface area contributed by atoms with Gasteiger partial charge in [0.15, 0.2) is 11.8 Å². The number of thioether (sulfide) groups is 1. The highest BCUT2D eigenvalue weighted by Gasteiger charge is 2.24. The fourth-order valence-electron chi connectivity index (χ4n) is 3.12. The maximum Gasteiger partial charge on any atom is 0.264 e. The van der Waals surface area contributed by atoms with Gasteiger partial charge in [0.25, 0.3) is 11.8 Å². The molecule has 2 amide bonds. The van der Waals surface area contributed by atoms with Crippen LogP contribution in [-0.4, -0.2) is 30.2 Å². The van der Waals surface area contributed by atoms with Crippen LogP contribution in [0.25, 0.3) is 6.08 Å². The quantitative estimate of drug-likeness (QED) is 0.385. The van der Waals surface area contributed by atoms with Crippen molar-refractivity contribution in [3.63, 3.8) is 0 Å². The third-order valence-corrected chi connectivity index (χ3v) is 5.90. The number of halogens is 1. The second-order valence-corrected chi connectivity index (χ2v) is 8.74. The molecular formula is C26H22ClN3O4S. The fraction of sp³-hybridized carbons (Fsp3) is 0.115. The molecule has 0 radical (unpaired) electrons. The lowest BCUT2D eigenvalue weighted by Crippen LogP contribution is -2.20. The van der Waals surface area contributed by atoms with Gasteiger partial charge in [0, 0.05) is 5.69 Å². The summed E-state index contributed by atoms with van der Waals surface area (Å²) in [5.41, 5.74) is 2.11. The monoisotopic (exact) mass is 507 g/mol. The van der Waals surface area contributed by atoms with Crippen LogP contribution in [0.2, 0.25) is 5.02 Å². The van der Waals surface area contributed by atoms with E-state index in [1.807, 2.05) is 49.4 Å². The van der Waals surface area contributed by atoms with Gasteiger partial charge in [0.1, 0.15) is 11.5 Å². The first-order valence-electron chi connectivity index (χ1n) is 10.8. The van der Waals surface area contributed by atoms with Crippen molar-refractivity contribution in [3.05, 3.63) is 88.3 Å². The van der Waals surface area contributed by atoms with Crippen molar-refractivity contribution in [2.24, 2.45) is 4.99 Å². The molecule has 0 unspecified atom stereocenters. The number of amidine groups is 1. The minimum Gasteiger partial charge on any atom is -0.494 e. The molecular weight excluding hydrogens is 486 g/mol. The second kappa shape index (κ2) is 11.6. The first-order chi connectivity index (χ1) is 17.0. The van der Waals surface area contributed by atoms with E-state index in [9.17, 15) is 9.59 Å². The number of ether oxygens (including phenoxy) is 2. The predicted molar refractivity (Wildman–Crippen MR) is 140 cm³/mol. The molecule has 35 heavy (non-hydrogen) atoms. The van der Waals surface area contributed by atoms with Crippen molar-refractivity contribution < 1.29 is 19.1 Å². The first-order valence-corrected chi connectivity index (χ1v) is 12.0. The molecule has 0 aliphatic carbocycles. The van der Waals surface area contributed by atoms with E-state index in [0.29, 0.717) is 38.8 Å². The van der Waals surface area contributed by atoms with Crippen LogP contribution in [0, 0.1) is 0 Å². The van der Waals surface area contributed by atoms with Crippen LogP contribution < -0.4 is 20.1 Å². The lowest BCUT2D eigenvalue weighted by molar-refractivity contribution is -0.118. The lowest BCUT2D eigenvalue weighted by Gasteiger charge is -2.09. The number of rotatable bonds is 8. The van der Waals surface area contributed by atoms with Gasteiger partial charge in [-0.25, -0.2) is 4.99 Å². The Morgan fingerprint density at radius 3 is 2.57 bits per heavy atom. The lowest BCUT2D eigenvalue weighted by atomic mass is 10.2. The Bertz CT molecular complexity index is 1280. The molecule has 1 fully saturated rings. The van der Waals surface area contributed by atoms with Gasteiger partial charge < -0.3 is 20.1 Å². The number of nitrogens with zero attached hydrogens (tertiary/aromatic N) is 1. The van der Waals surface area contributed by atoms with Crippen molar-refractivity contribution in [2.75, 3.05) is 18.5 Å². The summed E-state index contributed by atoms with van der Waals surface area (Å²) < 4.78 is 11.0. The third kappa shape index (κ3) is 6.88. The minimum atomic E-state index is -0.295. The number of para-hydroxylation sites is 1. The normalized spacial score (nSPS) is 15.2. The van der Waals surface area contributed by atoms with Gasteiger partial charge in [-0.2, -0.15) is 0 Å². The van der Waals surface area contributed by atoms with E-state index in [0.717, 1.165) is 11.3 Å². The zero-order valence-electron chi connectivity index (χ0n) is 18.8. The Balaban J connectivity index is 1.37. The SMILES string of the molecule is CCOc1ccc(N=C2NC(=O)/C(=C\c3ccc(OCC(=O)Nc4ccccc4)c(Cl)c3)S2)cc1. The van der Waals surface area contributed by atoms with Crippen LogP contribution in [0.5, 0.6) is 11.5 Å². The highest BCUT2D eigenvalue weighted by molar-refractivity contribution is 8.18. The van der Waals surface area contributed by atoms with Crippen LogP contribution in [0.1, 0.15) is 12.5 Å². The highest BCUT2D eigenvalue weighted by atomic mass is 35.5.